The van der Waals surface area contributed by atoms with Crippen LogP contribution in [0.15, 0.2) is 12.2 Å². The monoisotopic (exact) mass is 280 g/mol. The number of esters is 1. The zero-order valence-electron chi connectivity index (χ0n) is 14.2. The minimum absolute atomic E-state index is 0.0822. The van der Waals surface area contributed by atoms with Gasteiger partial charge in [0.1, 0.15) is 5.60 Å². The molecule has 2 nitrogen and oxygen atoms in total. The van der Waals surface area contributed by atoms with Crippen molar-refractivity contribution in [3.63, 3.8) is 0 Å². The van der Waals surface area contributed by atoms with Crippen LogP contribution in [0, 0.1) is 17.3 Å². The van der Waals surface area contributed by atoms with E-state index in [0.29, 0.717) is 5.92 Å². The van der Waals surface area contributed by atoms with E-state index in [1.54, 1.807) is 0 Å². The summed E-state index contributed by atoms with van der Waals surface area (Å²) in [5, 5.41) is 0. The molecule has 116 valence electrons. The third-order valence-electron chi connectivity index (χ3n) is 5.10. The summed E-state index contributed by atoms with van der Waals surface area (Å²) in [4.78, 5) is 12.7. The SMILES string of the molecule is C/C=C\C(C)(C(=O)OC(C)(C)C1CCCCC1)C(C)C. The average molecular weight is 280 g/mol. The lowest BCUT2D eigenvalue weighted by Gasteiger charge is -2.39. The van der Waals surface area contributed by atoms with E-state index in [0.717, 1.165) is 0 Å². The molecule has 0 amide bonds. The molecule has 0 bridgehead atoms. The van der Waals surface area contributed by atoms with Gasteiger partial charge in [0.25, 0.3) is 0 Å². The molecule has 0 aliphatic heterocycles. The molecular weight excluding hydrogens is 248 g/mol. The molecule has 0 saturated heterocycles. The minimum atomic E-state index is -0.527. The van der Waals surface area contributed by atoms with E-state index in [1.807, 2.05) is 26.0 Å². The highest BCUT2D eigenvalue weighted by atomic mass is 16.6. The van der Waals surface area contributed by atoms with Crippen LogP contribution < -0.4 is 0 Å². The van der Waals surface area contributed by atoms with E-state index in [9.17, 15) is 4.79 Å². The predicted molar refractivity (Wildman–Crippen MR) is 84.5 cm³/mol. The van der Waals surface area contributed by atoms with Crippen molar-refractivity contribution in [3.8, 4) is 0 Å². The number of carbonyl (C=O) groups is 1. The fourth-order valence-electron chi connectivity index (χ4n) is 3.07. The molecule has 1 unspecified atom stereocenters. The summed E-state index contributed by atoms with van der Waals surface area (Å²) in [5.41, 5.74) is -0.879. The summed E-state index contributed by atoms with van der Waals surface area (Å²) < 4.78 is 5.97. The minimum Gasteiger partial charge on any atom is -0.459 e. The maximum atomic E-state index is 12.7. The van der Waals surface area contributed by atoms with Gasteiger partial charge in [-0.1, -0.05) is 45.3 Å². The second-order valence-corrected chi connectivity index (χ2v) is 7.27. The van der Waals surface area contributed by atoms with Gasteiger partial charge in [0, 0.05) is 0 Å². The van der Waals surface area contributed by atoms with Crippen molar-refractivity contribution >= 4 is 5.97 Å². The van der Waals surface area contributed by atoms with Gasteiger partial charge in [-0.2, -0.15) is 0 Å². The number of rotatable bonds is 5. The van der Waals surface area contributed by atoms with Crippen LogP contribution in [0.1, 0.15) is 73.6 Å². The third kappa shape index (κ3) is 3.86. The molecule has 1 rings (SSSR count). The van der Waals surface area contributed by atoms with Gasteiger partial charge in [-0.05, 0) is 52.4 Å². The lowest BCUT2D eigenvalue weighted by molar-refractivity contribution is -0.174. The van der Waals surface area contributed by atoms with Crippen molar-refractivity contribution in [3.05, 3.63) is 12.2 Å². The fourth-order valence-corrected chi connectivity index (χ4v) is 3.07. The number of hydrogen-bond acceptors (Lipinski definition) is 2. The fraction of sp³-hybridized carbons (Fsp3) is 0.833. The zero-order valence-corrected chi connectivity index (χ0v) is 14.2. The summed E-state index contributed by atoms with van der Waals surface area (Å²) in [6.07, 6.45) is 10.2. The molecule has 0 radical (unpaired) electrons. The molecule has 1 saturated carbocycles. The molecule has 0 aromatic rings. The van der Waals surface area contributed by atoms with Crippen LogP contribution in [0.3, 0.4) is 0 Å². The van der Waals surface area contributed by atoms with Gasteiger partial charge in [-0.3, -0.25) is 4.79 Å². The van der Waals surface area contributed by atoms with Crippen LogP contribution in [-0.4, -0.2) is 11.6 Å². The van der Waals surface area contributed by atoms with Gasteiger partial charge >= 0.3 is 5.97 Å². The van der Waals surface area contributed by atoms with Crippen LogP contribution >= 0.6 is 0 Å². The Balaban J connectivity index is 2.81. The van der Waals surface area contributed by atoms with Crippen LogP contribution in [0.4, 0.5) is 0 Å². The molecule has 0 aromatic carbocycles. The molecule has 0 spiro atoms. The first-order valence-corrected chi connectivity index (χ1v) is 8.11. The maximum absolute atomic E-state index is 12.7. The highest BCUT2D eigenvalue weighted by Gasteiger charge is 2.41. The average Bonchev–Trinajstić information content (AvgIpc) is 2.39. The molecule has 20 heavy (non-hydrogen) atoms. The quantitative estimate of drug-likeness (QED) is 0.515. The Hall–Kier alpha value is -0.790. The Bertz CT molecular complexity index is 348. The van der Waals surface area contributed by atoms with Crippen LogP contribution in [0.5, 0.6) is 0 Å². The maximum Gasteiger partial charge on any atom is 0.316 e. The van der Waals surface area contributed by atoms with E-state index in [2.05, 4.69) is 27.7 Å². The van der Waals surface area contributed by atoms with E-state index in [-0.39, 0.29) is 17.5 Å². The molecule has 1 aliphatic carbocycles. The van der Waals surface area contributed by atoms with Gasteiger partial charge in [0.15, 0.2) is 0 Å². The third-order valence-corrected chi connectivity index (χ3v) is 5.10. The molecule has 0 aromatic heterocycles. The van der Waals surface area contributed by atoms with E-state index >= 15 is 0 Å². The van der Waals surface area contributed by atoms with Gasteiger partial charge < -0.3 is 4.74 Å². The van der Waals surface area contributed by atoms with Crippen molar-refractivity contribution in [2.24, 2.45) is 17.3 Å². The summed E-state index contributed by atoms with van der Waals surface area (Å²) in [6.45, 7) is 12.3. The topological polar surface area (TPSA) is 26.3 Å². The van der Waals surface area contributed by atoms with Gasteiger partial charge in [0.2, 0.25) is 0 Å². The van der Waals surface area contributed by atoms with Crippen LogP contribution in [-0.2, 0) is 9.53 Å². The van der Waals surface area contributed by atoms with Crippen molar-refractivity contribution in [2.75, 3.05) is 0 Å². The van der Waals surface area contributed by atoms with Crippen molar-refractivity contribution < 1.29 is 9.53 Å². The normalized spacial score (nSPS) is 21.1. The zero-order chi connectivity index (χ0) is 15.4. The second-order valence-electron chi connectivity index (χ2n) is 7.27. The van der Waals surface area contributed by atoms with Crippen LogP contribution in [0.25, 0.3) is 0 Å². The molecule has 0 N–H and O–H groups in total. The Morgan fingerprint density at radius 3 is 2.15 bits per heavy atom. The summed E-state index contributed by atoms with van der Waals surface area (Å²) >= 11 is 0. The smallest absolute Gasteiger partial charge is 0.316 e. The first-order valence-electron chi connectivity index (χ1n) is 8.11. The summed E-state index contributed by atoms with van der Waals surface area (Å²) in [6, 6.07) is 0. The summed E-state index contributed by atoms with van der Waals surface area (Å²) in [5.74, 6) is 0.650. The predicted octanol–water partition coefficient (Wildman–Crippen LogP) is 5.13. The Kier molecular flexibility index (Phi) is 5.85. The van der Waals surface area contributed by atoms with E-state index in [1.165, 1.54) is 32.1 Å². The van der Waals surface area contributed by atoms with E-state index < -0.39 is 5.41 Å². The lowest BCUT2D eigenvalue weighted by atomic mass is 9.76. The summed E-state index contributed by atoms with van der Waals surface area (Å²) in [7, 11) is 0. The largest absolute Gasteiger partial charge is 0.459 e. The number of hydrogen-bond donors (Lipinski definition) is 0. The standard InChI is InChI=1S/C18H32O2/c1-7-13-18(6,14(2)3)16(19)20-17(4,5)15-11-9-8-10-12-15/h7,13-15H,8-12H2,1-6H3/b13-7-. The molecule has 1 aliphatic rings. The number of allylic oxidation sites excluding steroid dienone is 1. The van der Waals surface area contributed by atoms with E-state index in [4.69, 9.17) is 4.74 Å². The molecular formula is C18H32O2. The first kappa shape index (κ1) is 17.3. The van der Waals surface area contributed by atoms with Gasteiger partial charge in [0.05, 0.1) is 5.41 Å². The second kappa shape index (κ2) is 6.78. The number of ether oxygens (including phenoxy) is 1. The number of carbonyl (C=O) groups excluding carboxylic acids is 1. The van der Waals surface area contributed by atoms with Gasteiger partial charge in [-0.15, -0.1) is 0 Å². The molecule has 2 heteroatoms. The van der Waals surface area contributed by atoms with Crippen molar-refractivity contribution in [1.82, 2.24) is 0 Å². The Labute approximate surface area is 125 Å². The first-order chi connectivity index (χ1) is 9.24. The highest BCUT2D eigenvalue weighted by Crippen LogP contribution is 2.38. The Morgan fingerprint density at radius 1 is 1.15 bits per heavy atom. The molecule has 1 atom stereocenters. The highest BCUT2D eigenvalue weighted by molar-refractivity contribution is 5.79. The van der Waals surface area contributed by atoms with Crippen molar-refractivity contribution in [2.45, 2.75) is 79.2 Å². The molecule has 1 fully saturated rings. The Morgan fingerprint density at radius 2 is 1.70 bits per heavy atom. The molecule has 0 heterocycles. The van der Waals surface area contributed by atoms with Crippen LogP contribution in [0.2, 0.25) is 0 Å². The van der Waals surface area contributed by atoms with Gasteiger partial charge in [-0.25, -0.2) is 0 Å². The lowest BCUT2D eigenvalue weighted by Crippen LogP contribution is -2.43. The van der Waals surface area contributed by atoms with Crippen molar-refractivity contribution in [1.29, 1.82) is 0 Å².